The molecule has 2 aliphatic carbocycles. The molecule has 2 fully saturated rings. The first-order valence-corrected chi connectivity index (χ1v) is 6.79. The first-order chi connectivity index (χ1) is 7.91. The van der Waals surface area contributed by atoms with Crippen molar-refractivity contribution >= 4 is 5.97 Å². The molecule has 0 radical (unpaired) electrons. The average molecular weight is 240 g/mol. The third kappa shape index (κ3) is 3.01. The average Bonchev–Trinajstić information content (AvgIpc) is 2.85. The molecule has 0 saturated heterocycles. The van der Waals surface area contributed by atoms with Crippen molar-refractivity contribution in [1.29, 1.82) is 0 Å². The molecule has 2 saturated carbocycles. The molecule has 1 atom stereocenters. The van der Waals surface area contributed by atoms with Crippen molar-refractivity contribution < 1.29 is 14.6 Å². The van der Waals surface area contributed by atoms with Crippen LogP contribution in [0.15, 0.2) is 0 Å². The SMILES string of the molecule is CC(C)(C)C(=O)OOC1CCC2(CCCC2)C1. The Labute approximate surface area is 104 Å². The highest BCUT2D eigenvalue weighted by Gasteiger charge is 2.42. The standard InChI is InChI=1S/C14H24O3/c1-13(2,3)12(15)17-16-11-6-9-14(10-11)7-4-5-8-14/h11H,4-10H2,1-3H3. The van der Waals surface area contributed by atoms with E-state index in [9.17, 15) is 4.79 Å². The number of carbonyl (C=O) groups excluding carboxylic acids is 1. The van der Waals surface area contributed by atoms with E-state index in [1.165, 1.54) is 32.1 Å². The fourth-order valence-corrected chi connectivity index (χ4v) is 3.05. The van der Waals surface area contributed by atoms with E-state index >= 15 is 0 Å². The molecule has 0 heterocycles. The van der Waals surface area contributed by atoms with Gasteiger partial charge in [-0.2, -0.15) is 4.89 Å². The van der Waals surface area contributed by atoms with Gasteiger partial charge in [-0.25, -0.2) is 4.79 Å². The second kappa shape index (κ2) is 4.60. The van der Waals surface area contributed by atoms with Gasteiger partial charge in [0.25, 0.3) is 0 Å². The molecule has 2 rings (SSSR count). The fourth-order valence-electron chi connectivity index (χ4n) is 3.05. The lowest BCUT2D eigenvalue weighted by Crippen LogP contribution is -2.25. The predicted octanol–water partition coefficient (Wildman–Crippen LogP) is 3.62. The van der Waals surface area contributed by atoms with Gasteiger partial charge < -0.3 is 0 Å². The fraction of sp³-hybridized carbons (Fsp3) is 0.929. The van der Waals surface area contributed by atoms with Gasteiger partial charge in [-0.3, -0.25) is 4.89 Å². The minimum absolute atomic E-state index is 0.124. The van der Waals surface area contributed by atoms with Crippen LogP contribution < -0.4 is 0 Å². The van der Waals surface area contributed by atoms with Crippen molar-refractivity contribution in [3.8, 4) is 0 Å². The summed E-state index contributed by atoms with van der Waals surface area (Å²) in [6.45, 7) is 5.52. The van der Waals surface area contributed by atoms with Crippen LogP contribution >= 0.6 is 0 Å². The molecule has 2 aliphatic rings. The van der Waals surface area contributed by atoms with Gasteiger partial charge in [-0.1, -0.05) is 12.8 Å². The van der Waals surface area contributed by atoms with Crippen LogP contribution in [0.25, 0.3) is 0 Å². The molecule has 0 aromatic carbocycles. The van der Waals surface area contributed by atoms with E-state index in [1.807, 2.05) is 20.8 Å². The minimum atomic E-state index is -0.482. The van der Waals surface area contributed by atoms with Crippen molar-refractivity contribution in [2.24, 2.45) is 10.8 Å². The van der Waals surface area contributed by atoms with Crippen LogP contribution in [0.3, 0.4) is 0 Å². The summed E-state index contributed by atoms with van der Waals surface area (Å²) >= 11 is 0. The number of hydrogen-bond donors (Lipinski definition) is 0. The van der Waals surface area contributed by atoms with E-state index in [4.69, 9.17) is 9.78 Å². The molecule has 0 aromatic heterocycles. The van der Waals surface area contributed by atoms with Gasteiger partial charge in [0.2, 0.25) is 0 Å². The van der Waals surface area contributed by atoms with Crippen molar-refractivity contribution in [3.05, 3.63) is 0 Å². The lowest BCUT2D eigenvalue weighted by molar-refractivity contribution is -0.303. The first-order valence-electron chi connectivity index (χ1n) is 6.79. The van der Waals surface area contributed by atoms with Gasteiger partial charge >= 0.3 is 5.97 Å². The Morgan fingerprint density at radius 1 is 1.18 bits per heavy atom. The van der Waals surface area contributed by atoms with Gasteiger partial charge in [0.15, 0.2) is 0 Å². The number of rotatable bonds is 2. The van der Waals surface area contributed by atoms with Crippen LogP contribution in [-0.4, -0.2) is 12.1 Å². The summed E-state index contributed by atoms with van der Waals surface area (Å²) in [5.74, 6) is -0.273. The summed E-state index contributed by atoms with van der Waals surface area (Å²) in [7, 11) is 0. The summed E-state index contributed by atoms with van der Waals surface area (Å²) in [6.07, 6.45) is 8.86. The van der Waals surface area contributed by atoms with Crippen LogP contribution in [-0.2, 0) is 14.6 Å². The van der Waals surface area contributed by atoms with Gasteiger partial charge in [0.1, 0.15) is 6.10 Å². The van der Waals surface area contributed by atoms with E-state index < -0.39 is 5.41 Å². The topological polar surface area (TPSA) is 35.5 Å². The molecule has 0 bridgehead atoms. The maximum atomic E-state index is 11.6. The third-order valence-corrected chi connectivity index (χ3v) is 4.19. The van der Waals surface area contributed by atoms with E-state index in [2.05, 4.69) is 0 Å². The Morgan fingerprint density at radius 3 is 2.41 bits per heavy atom. The van der Waals surface area contributed by atoms with Gasteiger partial charge in [0.05, 0.1) is 5.41 Å². The van der Waals surface area contributed by atoms with Gasteiger partial charge in [-0.05, 0) is 58.3 Å². The van der Waals surface area contributed by atoms with Crippen LogP contribution in [0.1, 0.15) is 65.7 Å². The Morgan fingerprint density at radius 2 is 1.82 bits per heavy atom. The summed E-state index contributed by atoms with van der Waals surface area (Å²) in [4.78, 5) is 21.9. The van der Waals surface area contributed by atoms with Crippen LogP contribution in [0.4, 0.5) is 0 Å². The molecule has 0 aromatic rings. The second-order valence-corrected chi connectivity index (χ2v) is 6.79. The molecule has 1 spiro atoms. The highest BCUT2D eigenvalue weighted by Crippen LogP contribution is 2.51. The van der Waals surface area contributed by atoms with E-state index in [1.54, 1.807) is 0 Å². The zero-order valence-corrected chi connectivity index (χ0v) is 11.3. The monoisotopic (exact) mass is 240 g/mol. The largest absolute Gasteiger partial charge is 0.347 e. The highest BCUT2D eigenvalue weighted by atomic mass is 17.2. The summed E-state index contributed by atoms with van der Waals surface area (Å²) in [6, 6.07) is 0. The summed E-state index contributed by atoms with van der Waals surface area (Å²) in [5, 5.41) is 0. The summed E-state index contributed by atoms with van der Waals surface area (Å²) in [5.41, 5.74) is 0.0302. The maximum Gasteiger partial charge on any atom is 0.347 e. The zero-order chi connectivity index (χ0) is 12.5. The number of carbonyl (C=O) groups is 1. The quantitative estimate of drug-likeness (QED) is 0.546. The minimum Gasteiger partial charge on any atom is -0.297 e. The van der Waals surface area contributed by atoms with Crippen LogP contribution in [0.5, 0.6) is 0 Å². The lowest BCUT2D eigenvalue weighted by Gasteiger charge is -2.22. The molecular weight excluding hydrogens is 216 g/mol. The predicted molar refractivity (Wildman–Crippen MR) is 65.2 cm³/mol. The third-order valence-electron chi connectivity index (χ3n) is 4.19. The van der Waals surface area contributed by atoms with Crippen molar-refractivity contribution in [3.63, 3.8) is 0 Å². The molecule has 0 amide bonds. The van der Waals surface area contributed by atoms with E-state index in [0.717, 1.165) is 12.8 Å². The van der Waals surface area contributed by atoms with E-state index in [0.29, 0.717) is 5.41 Å². The molecule has 1 unspecified atom stereocenters. The normalized spacial score (nSPS) is 27.6. The molecule has 3 nitrogen and oxygen atoms in total. The van der Waals surface area contributed by atoms with Crippen molar-refractivity contribution in [1.82, 2.24) is 0 Å². The lowest BCUT2D eigenvalue weighted by atomic mass is 9.85. The zero-order valence-electron chi connectivity index (χ0n) is 11.3. The molecule has 17 heavy (non-hydrogen) atoms. The molecule has 0 aliphatic heterocycles. The van der Waals surface area contributed by atoms with Gasteiger partial charge in [-0.15, -0.1) is 0 Å². The second-order valence-electron chi connectivity index (χ2n) is 6.79. The molecular formula is C14H24O3. The molecule has 3 heteroatoms. The Bertz CT molecular complexity index is 284. The van der Waals surface area contributed by atoms with Crippen molar-refractivity contribution in [2.75, 3.05) is 0 Å². The maximum absolute atomic E-state index is 11.6. The first kappa shape index (κ1) is 12.9. The summed E-state index contributed by atoms with van der Waals surface area (Å²) < 4.78 is 0. The molecule has 98 valence electrons. The van der Waals surface area contributed by atoms with E-state index in [-0.39, 0.29) is 12.1 Å². The molecule has 0 N–H and O–H groups in total. The Balaban J connectivity index is 1.77. The Kier molecular flexibility index (Phi) is 3.48. The van der Waals surface area contributed by atoms with Gasteiger partial charge in [0, 0.05) is 0 Å². The van der Waals surface area contributed by atoms with Crippen molar-refractivity contribution in [2.45, 2.75) is 71.8 Å². The smallest absolute Gasteiger partial charge is 0.297 e. The van der Waals surface area contributed by atoms with Crippen LogP contribution in [0, 0.1) is 10.8 Å². The van der Waals surface area contributed by atoms with Crippen LogP contribution in [0.2, 0.25) is 0 Å². The Hall–Kier alpha value is -0.570. The number of hydrogen-bond acceptors (Lipinski definition) is 3. The highest BCUT2D eigenvalue weighted by molar-refractivity contribution is 5.74.